The summed E-state index contributed by atoms with van der Waals surface area (Å²) in [4.78, 5) is 26.5. The van der Waals surface area contributed by atoms with Gasteiger partial charge in [0, 0.05) is 23.3 Å². The fraction of sp³-hybridized carbons (Fsp3) is 0.158. The average molecular weight is 401 g/mol. The van der Waals surface area contributed by atoms with Gasteiger partial charge in [0.15, 0.2) is 0 Å². The molecule has 0 aliphatic rings. The number of rotatable bonds is 6. The molecule has 0 unspecified atom stereocenters. The summed E-state index contributed by atoms with van der Waals surface area (Å²) in [6.07, 6.45) is 3.20. The van der Waals surface area contributed by atoms with Gasteiger partial charge < -0.3 is 13.9 Å². The van der Waals surface area contributed by atoms with Crippen LogP contribution in [0.4, 0.5) is 0 Å². The lowest BCUT2D eigenvalue weighted by atomic mass is 10.2. The molecule has 0 aliphatic carbocycles. The van der Waals surface area contributed by atoms with Crippen LogP contribution in [0.1, 0.15) is 11.3 Å². The third-order valence-electron chi connectivity index (χ3n) is 3.75. The second kappa shape index (κ2) is 7.98. The summed E-state index contributed by atoms with van der Waals surface area (Å²) in [5.74, 6) is 0.548. The van der Waals surface area contributed by atoms with Crippen molar-refractivity contribution < 1.29 is 9.21 Å². The molecule has 1 aromatic carbocycles. The largest absolute Gasteiger partial charge is 0.467 e. The maximum absolute atomic E-state index is 12.8. The van der Waals surface area contributed by atoms with Gasteiger partial charge in [0.25, 0.3) is 5.56 Å². The summed E-state index contributed by atoms with van der Waals surface area (Å²) in [6.45, 7) is 0.776. The van der Waals surface area contributed by atoms with E-state index in [4.69, 9.17) is 4.42 Å². The highest BCUT2D eigenvalue weighted by molar-refractivity contribution is 9.10. The standard InChI is InChI=1S/C19H17BrN2O3/c20-16-8-9-18(23)22(12-16)14-19(24)21(13-17-7-4-10-25-17)11-15-5-2-1-3-6-15/h1-10,12H,11,13-14H2. The van der Waals surface area contributed by atoms with Crippen LogP contribution in [0.3, 0.4) is 0 Å². The number of amides is 1. The Morgan fingerprint density at radius 2 is 1.84 bits per heavy atom. The molecule has 25 heavy (non-hydrogen) atoms. The Hall–Kier alpha value is -2.60. The number of nitrogens with zero attached hydrogens (tertiary/aromatic N) is 2. The van der Waals surface area contributed by atoms with Crippen LogP contribution >= 0.6 is 15.9 Å². The Bertz CT molecular complexity index is 889. The molecule has 6 heteroatoms. The van der Waals surface area contributed by atoms with Crippen molar-refractivity contribution in [2.45, 2.75) is 19.6 Å². The number of halogens is 1. The number of furan rings is 1. The maximum Gasteiger partial charge on any atom is 0.251 e. The van der Waals surface area contributed by atoms with Crippen LogP contribution in [0.5, 0.6) is 0 Å². The fourth-order valence-corrected chi connectivity index (χ4v) is 2.88. The number of aromatic nitrogens is 1. The first-order valence-electron chi connectivity index (χ1n) is 7.82. The molecule has 0 saturated carbocycles. The molecule has 1 amide bonds. The Labute approximate surface area is 153 Å². The lowest BCUT2D eigenvalue weighted by Gasteiger charge is -2.22. The van der Waals surface area contributed by atoms with Crippen LogP contribution in [0.25, 0.3) is 0 Å². The minimum absolute atomic E-state index is 0.0220. The number of pyridine rings is 1. The van der Waals surface area contributed by atoms with E-state index in [1.807, 2.05) is 36.4 Å². The number of carbonyl (C=O) groups is 1. The van der Waals surface area contributed by atoms with Crippen molar-refractivity contribution in [2.75, 3.05) is 0 Å². The van der Waals surface area contributed by atoms with Crippen molar-refractivity contribution in [2.24, 2.45) is 0 Å². The van der Waals surface area contributed by atoms with E-state index >= 15 is 0 Å². The zero-order valence-electron chi connectivity index (χ0n) is 13.5. The van der Waals surface area contributed by atoms with Crippen LogP contribution in [0.2, 0.25) is 0 Å². The van der Waals surface area contributed by atoms with Gasteiger partial charge >= 0.3 is 0 Å². The van der Waals surface area contributed by atoms with E-state index in [1.165, 1.54) is 10.6 Å². The second-order valence-electron chi connectivity index (χ2n) is 5.63. The molecule has 2 aromatic heterocycles. The quantitative estimate of drug-likeness (QED) is 0.636. The van der Waals surface area contributed by atoms with Crippen molar-refractivity contribution in [3.05, 3.63) is 93.2 Å². The highest BCUT2D eigenvalue weighted by Gasteiger charge is 2.17. The highest BCUT2D eigenvalue weighted by Crippen LogP contribution is 2.12. The van der Waals surface area contributed by atoms with Crippen LogP contribution < -0.4 is 5.56 Å². The van der Waals surface area contributed by atoms with E-state index in [2.05, 4.69) is 15.9 Å². The maximum atomic E-state index is 12.8. The van der Waals surface area contributed by atoms with Crippen LogP contribution in [-0.4, -0.2) is 15.4 Å². The van der Waals surface area contributed by atoms with Crippen LogP contribution in [-0.2, 0) is 24.4 Å². The number of hydrogen-bond donors (Lipinski definition) is 0. The topological polar surface area (TPSA) is 55.5 Å². The smallest absolute Gasteiger partial charge is 0.251 e. The van der Waals surface area contributed by atoms with Gasteiger partial charge in [-0.25, -0.2) is 0 Å². The zero-order chi connectivity index (χ0) is 17.6. The van der Waals surface area contributed by atoms with Gasteiger partial charge in [-0.2, -0.15) is 0 Å². The lowest BCUT2D eigenvalue weighted by molar-refractivity contribution is -0.133. The molecule has 0 fully saturated rings. The van der Waals surface area contributed by atoms with E-state index < -0.39 is 0 Å². The number of benzene rings is 1. The first-order valence-corrected chi connectivity index (χ1v) is 8.61. The fourth-order valence-electron chi connectivity index (χ4n) is 2.50. The van der Waals surface area contributed by atoms with Crippen molar-refractivity contribution in [1.29, 1.82) is 0 Å². The summed E-state index contributed by atoms with van der Waals surface area (Å²) in [6, 6.07) is 16.5. The van der Waals surface area contributed by atoms with E-state index in [0.29, 0.717) is 18.8 Å². The van der Waals surface area contributed by atoms with Gasteiger partial charge in [0.1, 0.15) is 12.3 Å². The van der Waals surface area contributed by atoms with E-state index in [1.54, 1.807) is 29.5 Å². The number of carbonyl (C=O) groups excluding carboxylic acids is 1. The number of hydrogen-bond acceptors (Lipinski definition) is 3. The second-order valence-corrected chi connectivity index (χ2v) is 6.54. The molecule has 0 spiro atoms. The van der Waals surface area contributed by atoms with Crippen molar-refractivity contribution in [3.63, 3.8) is 0 Å². The Balaban J connectivity index is 1.81. The molecule has 0 radical (unpaired) electrons. The molecule has 5 nitrogen and oxygen atoms in total. The monoisotopic (exact) mass is 400 g/mol. The highest BCUT2D eigenvalue weighted by atomic mass is 79.9. The van der Waals surface area contributed by atoms with Gasteiger partial charge in [-0.05, 0) is 39.7 Å². The van der Waals surface area contributed by atoms with E-state index in [0.717, 1.165) is 10.0 Å². The first kappa shape index (κ1) is 17.2. The Kier molecular flexibility index (Phi) is 5.50. The molecule has 0 atom stereocenters. The minimum atomic E-state index is -0.214. The summed E-state index contributed by atoms with van der Waals surface area (Å²) in [7, 11) is 0. The van der Waals surface area contributed by atoms with Crippen molar-refractivity contribution in [3.8, 4) is 0 Å². The Morgan fingerprint density at radius 1 is 1.04 bits per heavy atom. The van der Waals surface area contributed by atoms with Gasteiger partial charge in [-0.15, -0.1) is 0 Å². The molecule has 0 saturated heterocycles. The van der Waals surface area contributed by atoms with Crippen molar-refractivity contribution in [1.82, 2.24) is 9.47 Å². The van der Waals surface area contributed by atoms with Crippen LogP contribution in [0.15, 0.2) is 80.7 Å². The summed E-state index contributed by atoms with van der Waals surface area (Å²) < 4.78 is 7.52. The van der Waals surface area contributed by atoms with E-state index in [-0.39, 0.29) is 18.0 Å². The first-order chi connectivity index (χ1) is 12.1. The molecule has 3 aromatic rings. The zero-order valence-corrected chi connectivity index (χ0v) is 15.1. The normalized spacial score (nSPS) is 10.6. The predicted molar refractivity (Wildman–Crippen MR) is 97.8 cm³/mol. The summed E-state index contributed by atoms with van der Waals surface area (Å²) in [5, 5.41) is 0. The molecule has 0 N–H and O–H groups in total. The minimum Gasteiger partial charge on any atom is -0.467 e. The molecule has 0 aliphatic heterocycles. The molecule has 2 heterocycles. The molecular weight excluding hydrogens is 384 g/mol. The Morgan fingerprint density at radius 3 is 2.56 bits per heavy atom. The third-order valence-corrected chi connectivity index (χ3v) is 4.22. The SMILES string of the molecule is O=C(Cn1cc(Br)ccc1=O)N(Cc1ccccc1)Cc1ccco1. The van der Waals surface area contributed by atoms with Gasteiger partial charge in [0.2, 0.25) is 5.91 Å². The third kappa shape index (κ3) is 4.70. The van der Waals surface area contributed by atoms with Crippen molar-refractivity contribution >= 4 is 21.8 Å². The van der Waals surface area contributed by atoms with Gasteiger partial charge in [-0.1, -0.05) is 30.3 Å². The summed E-state index contributed by atoms with van der Waals surface area (Å²) in [5.41, 5.74) is 0.804. The molecule has 0 bridgehead atoms. The average Bonchev–Trinajstić information content (AvgIpc) is 3.11. The van der Waals surface area contributed by atoms with Gasteiger partial charge in [0.05, 0.1) is 12.8 Å². The summed E-state index contributed by atoms with van der Waals surface area (Å²) >= 11 is 3.33. The predicted octanol–water partition coefficient (Wildman–Crippen LogP) is 3.43. The van der Waals surface area contributed by atoms with Gasteiger partial charge in [-0.3, -0.25) is 9.59 Å². The molecular formula is C19H17BrN2O3. The molecule has 3 rings (SSSR count). The van der Waals surface area contributed by atoms with E-state index in [9.17, 15) is 9.59 Å². The van der Waals surface area contributed by atoms with Crippen LogP contribution in [0, 0.1) is 0 Å². The lowest BCUT2D eigenvalue weighted by Crippen LogP contribution is -2.35. The molecule has 128 valence electrons.